The molecule has 0 radical (unpaired) electrons. The summed E-state index contributed by atoms with van der Waals surface area (Å²) >= 11 is 0. The van der Waals surface area contributed by atoms with E-state index in [-0.39, 0.29) is 0 Å². The first-order chi connectivity index (χ1) is 7.24. The molecule has 1 rings (SSSR count). The van der Waals surface area contributed by atoms with Gasteiger partial charge in [0.2, 0.25) is 0 Å². The SMILES string of the molecule is CCOCc1c(CN)cnc(CC)c1N. The molecule has 4 N–H and O–H groups in total. The zero-order chi connectivity index (χ0) is 11.3. The van der Waals surface area contributed by atoms with Crippen LogP contribution in [0, 0.1) is 0 Å². The molecule has 4 heteroatoms. The number of aromatic nitrogens is 1. The lowest BCUT2D eigenvalue weighted by molar-refractivity contribution is 0.134. The maximum Gasteiger partial charge on any atom is 0.0741 e. The number of ether oxygens (including phenoxy) is 1. The van der Waals surface area contributed by atoms with Crippen molar-refractivity contribution < 1.29 is 4.74 Å². The lowest BCUT2D eigenvalue weighted by Crippen LogP contribution is -2.10. The van der Waals surface area contributed by atoms with Crippen molar-refractivity contribution in [2.24, 2.45) is 5.73 Å². The van der Waals surface area contributed by atoms with Crippen LogP contribution in [0.5, 0.6) is 0 Å². The third-order valence-corrected chi connectivity index (χ3v) is 2.41. The molecule has 0 saturated carbocycles. The third-order valence-electron chi connectivity index (χ3n) is 2.41. The van der Waals surface area contributed by atoms with Crippen molar-refractivity contribution in [3.8, 4) is 0 Å². The van der Waals surface area contributed by atoms with Crippen molar-refractivity contribution >= 4 is 5.69 Å². The highest BCUT2D eigenvalue weighted by atomic mass is 16.5. The van der Waals surface area contributed by atoms with Gasteiger partial charge >= 0.3 is 0 Å². The van der Waals surface area contributed by atoms with E-state index in [1.807, 2.05) is 13.8 Å². The molecule has 15 heavy (non-hydrogen) atoms. The maximum atomic E-state index is 6.01. The Bertz CT molecular complexity index is 326. The van der Waals surface area contributed by atoms with E-state index in [0.29, 0.717) is 19.8 Å². The van der Waals surface area contributed by atoms with Crippen LogP contribution in [0.1, 0.15) is 30.7 Å². The predicted molar refractivity (Wildman–Crippen MR) is 61.2 cm³/mol. The molecule has 0 amide bonds. The minimum Gasteiger partial charge on any atom is -0.397 e. The number of hydrogen-bond acceptors (Lipinski definition) is 4. The van der Waals surface area contributed by atoms with Crippen LogP contribution in [0.4, 0.5) is 5.69 Å². The Morgan fingerprint density at radius 1 is 1.40 bits per heavy atom. The molecule has 0 aromatic carbocycles. The van der Waals surface area contributed by atoms with Crippen molar-refractivity contribution in [2.45, 2.75) is 33.4 Å². The van der Waals surface area contributed by atoms with Crippen LogP contribution < -0.4 is 11.5 Å². The second-order valence-electron chi connectivity index (χ2n) is 3.32. The van der Waals surface area contributed by atoms with E-state index >= 15 is 0 Å². The summed E-state index contributed by atoms with van der Waals surface area (Å²) in [6.07, 6.45) is 2.62. The largest absolute Gasteiger partial charge is 0.397 e. The van der Waals surface area contributed by atoms with Crippen LogP contribution in [-0.2, 0) is 24.3 Å². The minimum atomic E-state index is 0.448. The molecule has 1 heterocycles. The van der Waals surface area contributed by atoms with E-state index < -0.39 is 0 Å². The summed E-state index contributed by atoms with van der Waals surface area (Å²) in [5, 5.41) is 0. The van der Waals surface area contributed by atoms with E-state index in [9.17, 15) is 0 Å². The lowest BCUT2D eigenvalue weighted by atomic mass is 10.1. The molecule has 0 atom stereocenters. The highest BCUT2D eigenvalue weighted by Gasteiger charge is 2.10. The van der Waals surface area contributed by atoms with Crippen LogP contribution in [0.15, 0.2) is 6.20 Å². The van der Waals surface area contributed by atoms with E-state index in [1.54, 1.807) is 6.20 Å². The van der Waals surface area contributed by atoms with Gasteiger partial charge in [0.05, 0.1) is 18.0 Å². The topological polar surface area (TPSA) is 74.2 Å². The standard InChI is InChI=1S/C11H19N3O/c1-3-10-11(13)9(7-15-4-2)8(5-12)6-14-10/h6H,3-5,7,12-13H2,1-2H3. The molecule has 0 unspecified atom stereocenters. The number of hydrogen-bond donors (Lipinski definition) is 2. The van der Waals surface area contributed by atoms with Crippen molar-refractivity contribution in [3.05, 3.63) is 23.0 Å². The van der Waals surface area contributed by atoms with Crippen LogP contribution in [0.25, 0.3) is 0 Å². The van der Waals surface area contributed by atoms with Gasteiger partial charge in [0.1, 0.15) is 0 Å². The van der Waals surface area contributed by atoms with Crippen molar-refractivity contribution in [3.63, 3.8) is 0 Å². The Labute approximate surface area is 90.6 Å². The molecule has 1 aromatic heterocycles. The summed E-state index contributed by atoms with van der Waals surface area (Å²) < 4.78 is 5.38. The predicted octanol–water partition coefficient (Wildman–Crippen LogP) is 1.22. The van der Waals surface area contributed by atoms with Gasteiger partial charge in [-0.15, -0.1) is 0 Å². The molecule has 0 bridgehead atoms. The highest BCUT2D eigenvalue weighted by Crippen LogP contribution is 2.21. The van der Waals surface area contributed by atoms with Gasteiger partial charge in [-0.25, -0.2) is 0 Å². The van der Waals surface area contributed by atoms with Gasteiger partial charge in [0.15, 0.2) is 0 Å². The molecule has 0 aliphatic carbocycles. The zero-order valence-electron chi connectivity index (χ0n) is 9.42. The van der Waals surface area contributed by atoms with Crippen LogP contribution >= 0.6 is 0 Å². The van der Waals surface area contributed by atoms with Gasteiger partial charge < -0.3 is 16.2 Å². The Morgan fingerprint density at radius 3 is 2.67 bits per heavy atom. The molecule has 1 aromatic rings. The first-order valence-electron chi connectivity index (χ1n) is 5.27. The second-order valence-corrected chi connectivity index (χ2v) is 3.32. The average Bonchev–Trinajstić information content (AvgIpc) is 2.27. The fourth-order valence-corrected chi connectivity index (χ4v) is 1.48. The number of pyridine rings is 1. The van der Waals surface area contributed by atoms with Gasteiger partial charge in [-0.2, -0.15) is 0 Å². The molecule has 0 aliphatic rings. The van der Waals surface area contributed by atoms with Crippen molar-refractivity contribution in [1.29, 1.82) is 0 Å². The minimum absolute atomic E-state index is 0.448. The number of anilines is 1. The number of nitrogens with two attached hydrogens (primary N) is 2. The van der Waals surface area contributed by atoms with Gasteiger partial charge in [-0.05, 0) is 18.9 Å². The van der Waals surface area contributed by atoms with Crippen molar-refractivity contribution in [1.82, 2.24) is 4.98 Å². The second kappa shape index (κ2) is 5.68. The molecule has 84 valence electrons. The first-order valence-corrected chi connectivity index (χ1v) is 5.27. The summed E-state index contributed by atoms with van der Waals surface area (Å²) in [5.74, 6) is 0. The Hall–Kier alpha value is -1.13. The lowest BCUT2D eigenvalue weighted by Gasteiger charge is -2.13. The molecular formula is C11H19N3O. The van der Waals surface area contributed by atoms with Crippen LogP contribution in [-0.4, -0.2) is 11.6 Å². The maximum absolute atomic E-state index is 6.01. The fourth-order valence-electron chi connectivity index (χ4n) is 1.48. The van der Waals surface area contributed by atoms with E-state index in [0.717, 1.165) is 28.9 Å². The summed E-state index contributed by atoms with van der Waals surface area (Å²) in [5.41, 5.74) is 15.3. The smallest absolute Gasteiger partial charge is 0.0741 e. The van der Waals surface area contributed by atoms with Gasteiger partial charge in [0.25, 0.3) is 0 Å². The molecule has 0 spiro atoms. The average molecular weight is 209 g/mol. The van der Waals surface area contributed by atoms with E-state index in [1.165, 1.54) is 0 Å². The number of aryl methyl sites for hydroxylation is 1. The number of rotatable bonds is 5. The summed E-state index contributed by atoms with van der Waals surface area (Å²) in [6, 6.07) is 0. The van der Waals surface area contributed by atoms with Crippen molar-refractivity contribution in [2.75, 3.05) is 12.3 Å². The third kappa shape index (κ3) is 2.67. The fraction of sp³-hybridized carbons (Fsp3) is 0.545. The molecule has 0 aliphatic heterocycles. The van der Waals surface area contributed by atoms with Gasteiger partial charge in [0, 0.05) is 24.9 Å². The molecule has 0 saturated heterocycles. The molecule has 4 nitrogen and oxygen atoms in total. The Morgan fingerprint density at radius 2 is 2.13 bits per heavy atom. The Kier molecular flexibility index (Phi) is 4.52. The monoisotopic (exact) mass is 209 g/mol. The van der Waals surface area contributed by atoms with Gasteiger partial charge in [-0.1, -0.05) is 6.92 Å². The first kappa shape index (κ1) is 11.9. The van der Waals surface area contributed by atoms with Crippen LogP contribution in [0.3, 0.4) is 0 Å². The normalized spacial score (nSPS) is 10.6. The summed E-state index contributed by atoms with van der Waals surface area (Å²) in [6.45, 7) is 5.63. The number of nitrogen functional groups attached to an aromatic ring is 1. The van der Waals surface area contributed by atoms with E-state index in [4.69, 9.17) is 16.2 Å². The quantitative estimate of drug-likeness (QED) is 0.764. The summed E-state index contributed by atoms with van der Waals surface area (Å²) in [4.78, 5) is 4.28. The highest BCUT2D eigenvalue weighted by molar-refractivity contribution is 5.53. The zero-order valence-corrected chi connectivity index (χ0v) is 9.42. The van der Waals surface area contributed by atoms with Crippen LogP contribution in [0.2, 0.25) is 0 Å². The molecular weight excluding hydrogens is 190 g/mol. The summed E-state index contributed by atoms with van der Waals surface area (Å²) in [7, 11) is 0. The number of nitrogens with zero attached hydrogens (tertiary/aromatic N) is 1. The van der Waals surface area contributed by atoms with E-state index in [2.05, 4.69) is 4.98 Å². The Balaban J connectivity index is 3.05. The van der Waals surface area contributed by atoms with Gasteiger partial charge in [-0.3, -0.25) is 4.98 Å². The molecule has 0 fully saturated rings.